The minimum atomic E-state index is -0.518. The van der Waals surface area contributed by atoms with Gasteiger partial charge in [-0.15, -0.1) is 0 Å². The monoisotopic (exact) mass is 263 g/mol. The average molecular weight is 263 g/mol. The van der Waals surface area contributed by atoms with Gasteiger partial charge in [-0.25, -0.2) is 0 Å². The highest BCUT2D eigenvalue weighted by molar-refractivity contribution is 5.94. The van der Waals surface area contributed by atoms with Crippen molar-refractivity contribution in [3.63, 3.8) is 0 Å². The van der Waals surface area contributed by atoms with Crippen molar-refractivity contribution >= 4 is 17.5 Å². The molecule has 0 saturated heterocycles. The second-order valence-electron chi connectivity index (χ2n) is 4.74. The van der Waals surface area contributed by atoms with Crippen LogP contribution < -0.4 is 16.8 Å². The molecule has 0 saturated carbocycles. The van der Waals surface area contributed by atoms with Crippen LogP contribution >= 0.6 is 0 Å². The maximum Gasteiger partial charge on any atom is 0.241 e. The number of rotatable bonds is 6. The van der Waals surface area contributed by atoms with E-state index in [9.17, 15) is 9.59 Å². The number of carbonyl (C=O) groups excluding carboxylic acids is 2. The van der Waals surface area contributed by atoms with E-state index in [4.69, 9.17) is 11.5 Å². The maximum atomic E-state index is 11.9. The highest BCUT2D eigenvalue weighted by atomic mass is 16.2. The lowest BCUT2D eigenvalue weighted by atomic mass is 9.99. The standard InChI is InChI=1S/C14H21N3O2/c1-3-9(2)13(16)14(19)17-11-6-4-10(5-7-11)8-12(15)18/h4-7,9,13H,3,8,16H2,1-2H3,(H2,15,18)(H,17,19)/t9?,13-/m0/s1. The molecule has 5 nitrogen and oxygen atoms in total. The zero-order valence-corrected chi connectivity index (χ0v) is 11.3. The first kappa shape index (κ1) is 15.2. The molecule has 0 bridgehead atoms. The Labute approximate surface area is 113 Å². The molecule has 1 aromatic rings. The van der Waals surface area contributed by atoms with Crippen molar-refractivity contribution in [1.29, 1.82) is 0 Å². The first-order valence-electron chi connectivity index (χ1n) is 6.37. The van der Waals surface area contributed by atoms with Gasteiger partial charge in [0.15, 0.2) is 0 Å². The SMILES string of the molecule is CCC(C)[C@H](N)C(=O)Nc1ccc(CC(N)=O)cc1. The number of amides is 2. The van der Waals surface area contributed by atoms with Crippen LogP contribution in [0.4, 0.5) is 5.69 Å². The molecule has 2 amide bonds. The molecule has 1 aromatic carbocycles. The highest BCUT2D eigenvalue weighted by Crippen LogP contribution is 2.12. The zero-order valence-electron chi connectivity index (χ0n) is 11.3. The number of carbonyl (C=O) groups is 2. The molecule has 0 radical (unpaired) electrons. The van der Waals surface area contributed by atoms with E-state index in [1.54, 1.807) is 24.3 Å². The van der Waals surface area contributed by atoms with Crippen LogP contribution in [0.3, 0.4) is 0 Å². The van der Waals surface area contributed by atoms with Crippen molar-refractivity contribution < 1.29 is 9.59 Å². The van der Waals surface area contributed by atoms with Gasteiger partial charge in [0.05, 0.1) is 12.5 Å². The fourth-order valence-electron chi connectivity index (χ4n) is 1.65. The molecule has 2 atom stereocenters. The topological polar surface area (TPSA) is 98.2 Å². The predicted octanol–water partition coefficient (Wildman–Crippen LogP) is 1.03. The summed E-state index contributed by atoms with van der Waals surface area (Å²) >= 11 is 0. The third-order valence-electron chi connectivity index (χ3n) is 3.16. The van der Waals surface area contributed by atoms with Crippen LogP contribution in [0.25, 0.3) is 0 Å². The van der Waals surface area contributed by atoms with Crippen molar-refractivity contribution in [3.05, 3.63) is 29.8 Å². The average Bonchev–Trinajstić information content (AvgIpc) is 2.38. The number of anilines is 1. The number of nitrogens with one attached hydrogen (secondary N) is 1. The van der Waals surface area contributed by atoms with Gasteiger partial charge in [-0.1, -0.05) is 32.4 Å². The Morgan fingerprint density at radius 3 is 2.32 bits per heavy atom. The molecule has 5 N–H and O–H groups in total. The number of benzene rings is 1. The molecule has 19 heavy (non-hydrogen) atoms. The first-order chi connectivity index (χ1) is 8.93. The smallest absolute Gasteiger partial charge is 0.241 e. The number of nitrogens with two attached hydrogens (primary N) is 2. The van der Waals surface area contributed by atoms with Gasteiger partial charge in [-0.3, -0.25) is 9.59 Å². The summed E-state index contributed by atoms with van der Waals surface area (Å²) in [5.74, 6) is -0.443. The third-order valence-corrected chi connectivity index (χ3v) is 3.16. The minimum absolute atomic E-state index is 0.133. The van der Waals surface area contributed by atoms with E-state index in [0.717, 1.165) is 12.0 Å². The predicted molar refractivity (Wildman–Crippen MR) is 75.4 cm³/mol. The van der Waals surface area contributed by atoms with Crippen LogP contribution in [0.5, 0.6) is 0 Å². The molecule has 104 valence electrons. The Hall–Kier alpha value is -1.88. The number of primary amides is 1. The molecule has 0 aliphatic carbocycles. The van der Waals surface area contributed by atoms with Gasteiger partial charge < -0.3 is 16.8 Å². The van der Waals surface area contributed by atoms with Crippen LogP contribution in [0, 0.1) is 5.92 Å². The van der Waals surface area contributed by atoms with Crippen molar-refractivity contribution in [2.24, 2.45) is 17.4 Å². The van der Waals surface area contributed by atoms with Crippen molar-refractivity contribution in [2.45, 2.75) is 32.7 Å². The second kappa shape index (κ2) is 6.89. The largest absolute Gasteiger partial charge is 0.369 e. The molecule has 5 heteroatoms. The normalized spacial score (nSPS) is 13.6. The zero-order chi connectivity index (χ0) is 14.4. The molecule has 1 unspecified atom stereocenters. The third kappa shape index (κ3) is 4.71. The molecule has 0 heterocycles. The Balaban J connectivity index is 2.62. The van der Waals surface area contributed by atoms with Crippen LogP contribution in [-0.2, 0) is 16.0 Å². The lowest BCUT2D eigenvalue weighted by Crippen LogP contribution is -2.40. The first-order valence-corrected chi connectivity index (χ1v) is 6.37. The van der Waals surface area contributed by atoms with E-state index in [-0.39, 0.29) is 24.2 Å². The fraction of sp³-hybridized carbons (Fsp3) is 0.429. The summed E-state index contributed by atoms with van der Waals surface area (Å²) in [4.78, 5) is 22.6. The lowest BCUT2D eigenvalue weighted by Gasteiger charge is -2.17. The van der Waals surface area contributed by atoms with Crippen LogP contribution in [0.2, 0.25) is 0 Å². The Bertz CT molecular complexity index is 443. The van der Waals surface area contributed by atoms with Gasteiger partial charge in [-0.2, -0.15) is 0 Å². The van der Waals surface area contributed by atoms with Crippen molar-refractivity contribution in [2.75, 3.05) is 5.32 Å². The summed E-state index contributed by atoms with van der Waals surface area (Å²) in [6, 6.07) is 6.47. The fourth-order valence-corrected chi connectivity index (χ4v) is 1.65. The molecule has 0 aliphatic rings. The van der Waals surface area contributed by atoms with E-state index in [1.807, 2.05) is 13.8 Å². The Morgan fingerprint density at radius 2 is 1.84 bits per heavy atom. The quantitative estimate of drug-likeness (QED) is 0.714. The molecule has 1 rings (SSSR count). The summed E-state index contributed by atoms with van der Waals surface area (Å²) in [6.07, 6.45) is 1.05. The van der Waals surface area contributed by atoms with Crippen LogP contribution in [0.15, 0.2) is 24.3 Å². The summed E-state index contributed by atoms with van der Waals surface area (Å²) in [5, 5.41) is 2.76. The lowest BCUT2D eigenvalue weighted by molar-refractivity contribution is -0.118. The van der Waals surface area contributed by atoms with E-state index < -0.39 is 6.04 Å². The summed E-state index contributed by atoms with van der Waals surface area (Å²) in [6.45, 7) is 3.94. The van der Waals surface area contributed by atoms with Gasteiger partial charge in [0.1, 0.15) is 0 Å². The van der Waals surface area contributed by atoms with E-state index in [0.29, 0.717) is 5.69 Å². The Morgan fingerprint density at radius 1 is 1.26 bits per heavy atom. The summed E-state index contributed by atoms with van der Waals surface area (Å²) in [5.41, 5.74) is 12.4. The highest BCUT2D eigenvalue weighted by Gasteiger charge is 2.19. The Kier molecular flexibility index (Phi) is 5.51. The molecule has 0 fully saturated rings. The molecule has 0 aromatic heterocycles. The van der Waals surface area contributed by atoms with Crippen LogP contribution in [0.1, 0.15) is 25.8 Å². The van der Waals surface area contributed by atoms with Gasteiger partial charge in [0, 0.05) is 5.69 Å². The molecule has 0 aliphatic heterocycles. The van der Waals surface area contributed by atoms with Gasteiger partial charge in [0.25, 0.3) is 0 Å². The molecule has 0 spiro atoms. The second-order valence-corrected chi connectivity index (χ2v) is 4.74. The van der Waals surface area contributed by atoms with Gasteiger partial charge >= 0.3 is 0 Å². The van der Waals surface area contributed by atoms with E-state index >= 15 is 0 Å². The van der Waals surface area contributed by atoms with Crippen molar-refractivity contribution in [1.82, 2.24) is 0 Å². The van der Waals surface area contributed by atoms with E-state index in [2.05, 4.69) is 5.32 Å². The summed E-state index contributed by atoms with van der Waals surface area (Å²) in [7, 11) is 0. The molecular weight excluding hydrogens is 242 g/mol. The number of hydrogen-bond donors (Lipinski definition) is 3. The maximum absolute atomic E-state index is 11.9. The number of hydrogen-bond acceptors (Lipinski definition) is 3. The van der Waals surface area contributed by atoms with Crippen molar-refractivity contribution in [3.8, 4) is 0 Å². The van der Waals surface area contributed by atoms with Crippen LogP contribution in [-0.4, -0.2) is 17.9 Å². The summed E-state index contributed by atoms with van der Waals surface area (Å²) < 4.78 is 0. The van der Waals surface area contributed by atoms with Gasteiger partial charge in [0.2, 0.25) is 11.8 Å². The van der Waals surface area contributed by atoms with Gasteiger partial charge in [-0.05, 0) is 23.6 Å². The minimum Gasteiger partial charge on any atom is -0.369 e. The molecular formula is C14H21N3O2. The van der Waals surface area contributed by atoms with E-state index in [1.165, 1.54) is 0 Å².